The van der Waals surface area contributed by atoms with Gasteiger partial charge in [-0.15, -0.1) is 0 Å². The Kier molecular flexibility index (Phi) is 55.7. The number of hydrogen-bond acceptors (Lipinski definition) is 10. The quantitative estimate of drug-likeness (QED) is 0.0195. The fourth-order valence-electron chi connectivity index (χ4n) is 9.70. The van der Waals surface area contributed by atoms with Crippen LogP contribution in [0.25, 0.3) is 0 Å². The molecule has 85 heavy (non-hydrogen) atoms. The lowest BCUT2D eigenvalue weighted by molar-refractivity contribution is -0.305. The summed E-state index contributed by atoms with van der Waals surface area (Å²) < 4.78 is 17.6. The number of aliphatic hydroxyl groups excluding tert-OH is 5. The molecule has 1 fully saturated rings. The molecule has 0 bridgehead atoms. The zero-order chi connectivity index (χ0) is 61.7. The summed E-state index contributed by atoms with van der Waals surface area (Å²) in [5.74, 6) is -1.26. The molecule has 11 heteroatoms. The Morgan fingerprint density at radius 3 is 1.29 bits per heavy atom. The number of unbranched alkanes of at least 4 members (excludes halogenated alkanes) is 22. The molecule has 0 aliphatic carbocycles. The first-order chi connectivity index (χ1) is 41.7. The van der Waals surface area contributed by atoms with Crippen molar-refractivity contribution in [3.05, 3.63) is 134 Å². The zero-order valence-corrected chi connectivity index (χ0v) is 53.7. The van der Waals surface area contributed by atoms with E-state index < -0.39 is 67.4 Å². The number of amides is 1. The summed E-state index contributed by atoms with van der Waals surface area (Å²) >= 11 is 0. The first-order valence-electron chi connectivity index (χ1n) is 34.0. The first kappa shape index (κ1) is 78.8. The maximum atomic E-state index is 13.5. The van der Waals surface area contributed by atoms with Crippen LogP contribution < -0.4 is 5.32 Å². The fraction of sp³-hybridized carbons (Fsp3) is 0.676. The predicted octanol–water partition coefficient (Wildman–Crippen LogP) is 17.2. The van der Waals surface area contributed by atoms with Crippen LogP contribution in [-0.2, 0) is 23.8 Å². The van der Waals surface area contributed by atoms with Gasteiger partial charge in [-0.1, -0.05) is 264 Å². The fourth-order valence-corrected chi connectivity index (χ4v) is 9.70. The minimum Gasteiger partial charge on any atom is -0.454 e. The zero-order valence-electron chi connectivity index (χ0n) is 53.7. The second-order valence-electron chi connectivity index (χ2n) is 22.8. The molecule has 1 rings (SSSR count). The standard InChI is InChI=1S/C74H123NO10/c1-4-7-10-13-16-19-22-25-27-29-31-33-35-36-38-40-43-46-49-52-55-58-61-67(78)73(82)75-65(66(77)60-57-54-51-48-45-42-24-21-18-15-12-9-6-3)64-83-74-72(71(81)70(80)68(63-76)84-74)85-69(79)62-59-56-53-50-47-44-41-39-37-34-32-30-28-26-23-20-17-14-11-8-5-2/h8,11,16-17,19-20,25-28,31-34,36,38-39,41,47,50,57,60,65-68,70-72,74,76-78,80-81H,4-7,9-10,12-15,18,21-24,29-30,35,37,40,42-46,48-49,51-56,58-59,61-64H2,1-3H3,(H,75,82)/b11-8-,19-16-,20-17-,27-25-,28-26-,33-31-,34-32-,38-36-,41-39-,50-47-,60-57+. The van der Waals surface area contributed by atoms with E-state index in [0.717, 1.165) is 135 Å². The highest BCUT2D eigenvalue weighted by Gasteiger charge is 2.47. The van der Waals surface area contributed by atoms with E-state index in [4.69, 9.17) is 14.2 Å². The third-order valence-corrected chi connectivity index (χ3v) is 15.0. The minimum absolute atomic E-state index is 0.0596. The molecule has 484 valence electrons. The average Bonchev–Trinajstić information content (AvgIpc) is 2.48. The second-order valence-corrected chi connectivity index (χ2v) is 22.8. The van der Waals surface area contributed by atoms with Gasteiger partial charge in [-0.05, 0) is 122 Å². The smallest absolute Gasteiger partial charge is 0.306 e. The molecule has 1 saturated heterocycles. The SMILES string of the molecule is CC/C=C\C/C=C\C/C=C\C/C=C\C/C=C\C/C=C\CCCCC(=O)OC1C(OCC(NC(=O)C(O)CCCCCCCC/C=C\C/C=C\C/C=C\C/C=C\CCCCC)C(O)/C=C/CCCCCCCCCCCCC)OC(CO)C(O)C1O. The van der Waals surface area contributed by atoms with Gasteiger partial charge in [-0.3, -0.25) is 9.59 Å². The summed E-state index contributed by atoms with van der Waals surface area (Å²) in [7, 11) is 0. The maximum absolute atomic E-state index is 13.5. The van der Waals surface area contributed by atoms with E-state index in [1.54, 1.807) is 6.08 Å². The van der Waals surface area contributed by atoms with Crippen LogP contribution in [0, 0.1) is 0 Å². The molecule has 1 aliphatic heterocycles. The number of nitrogens with one attached hydrogen (secondary N) is 1. The Labute approximate surface area is 518 Å². The van der Waals surface area contributed by atoms with Crippen molar-refractivity contribution in [3.8, 4) is 0 Å². The summed E-state index contributed by atoms with van der Waals surface area (Å²) in [6.45, 7) is 5.62. The van der Waals surface area contributed by atoms with Gasteiger partial charge in [0.1, 0.15) is 24.4 Å². The number of rotatable bonds is 56. The van der Waals surface area contributed by atoms with Crippen LogP contribution in [-0.4, -0.2) is 99.6 Å². The Hall–Kier alpha value is -4.20. The number of esters is 1. The van der Waals surface area contributed by atoms with Crippen molar-refractivity contribution >= 4 is 11.9 Å². The van der Waals surface area contributed by atoms with Crippen LogP contribution in [0.5, 0.6) is 0 Å². The largest absolute Gasteiger partial charge is 0.454 e. The predicted molar refractivity (Wildman–Crippen MR) is 356 cm³/mol. The Balaban J connectivity index is 2.69. The molecule has 6 N–H and O–H groups in total. The number of aliphatic hydroxyl groups is 5. The van der Waals surface area contributed by atoms with Gasteiger partial charge in [0, 0.05) is 6.42 Å². The molecule has 8 unspecified atom stereocenters. The second kappa shape index (κ2) is 60.1. The molecule has 1 heterocycles. The van der Waals surface area contributed by atoms with Gasteiger partial charge in [0.15, 0.2) is 12.4 Å². The van der Waals surface area contributed by atoms with Crippen LogP contribution in [0.15, 0.2) is 134 Å². The maximum Gasteiger partial charge on any atom is 0.306 e. The van der Waals surface area contributed by atoms with Crippen LogP contribution in [0.3, 0.4) is 0 Å². The Bertz CT molecular complexity index is 1890. The van der Waals surface area contributed by atoms with Gasteiger partial charge >= 0.3 is 5.97 Å². The average molecular weight is 1190 g/mol. The Morgan fingerprint density at radius 2 is 0.847 bits per heavy atom. The number of carbonyl (C=O) groups is 2. The van der Waals surface area contributed by atoms with E-state index in [0.29, 0.717) is 12.8 Å². The molecular weight excluding hydrogens is 1060 g/mol. The van der Waals surface area contributed by atoms with Crippen molar-refractivity contribution in [1.82, 2.24) is 5.32 Å². The van der Waals surface area contributed by atoms with Crippen molar-refractivity contribution in [2.75, 3.05) is 13.2 Å². The van der Waals surface area contributed by atoms with E-state index >= 15 is 0 Å². The highest BCUT2D eigenvalue weighted by molar-refractivity contribution is 5.80. The molecule has 1 amide bonds. The molecule has 0 aromatic heterocycles. The number of carbonyl (C=O) groups excluding carboxylic acids is 2. The lowest BCUT2D eigenvalue weighted by atomic mass is 9.99. The van der Waals surface area contributed by atoms with E-state index in [2.05, 4.69) is 148 Å². The normalized spacial score (nSPS) is 19.3. The van der Waals surface area contributed by atoms with Crippen LogP contribution in [0.4, 0.5) is 0 Å². The highest BCUT2D eigenvalue weighted by atomic mass is 16.7. The van der Waals surface area contributed by atoms with Crippen molar-refractivity contribution in [2.45, 2.75) is 307 Å². The highest BCUT2D eigenvalue weighted by Crippen LogP contribution is 2.26. The lowest BCUT2D eigenvalue weighted by Crippen LogP contribution is -2.61. The van der Waals surface area contributed by atoms with Crippen LogP contribution in [0.2, 0.25) is 0 Å². The van der Waals surface area contributed by atoms with E-state index in [9.17, 15) is 35.1 Å². The van der Waals surface area contributed by atoms with Gasteiger partial charge in [0.2, 0.25) is 5.91 Å². The van der Waals surface area contributed by atoms with Crippen molar-refractivity contribution in [2.24, 2.45) is 0 Å². The molecule has 11 nitrogen and oxygen atoms in total. The number of ether oxygens (including phenoxy) is 3. The summed E-state index contributed by atoms with van der Waals surface area (Å²) in [6.07, 6.45) is 74.8. The summed E-state index contributed by atoms with van der Waals surface area (Å²) in [5.41, 5.74) is 0. The minimum atomic E-state index is -1.64. The first-order valence-corrected chi connectivity index (χ1v) is 34.0. The van der Waals surface area contributed by atoms with Crippen molar-refractivity contribution in [3.63, 3.8) is 0 Å². The summed E-state index contributed by atoms with van der Waals surface area (Å²) in [6, 6.07) is -1.05. The Morgan fingerprint density at radius 1 is 0.471 bits per heavy atom. The third kappa shape index (κ3) is 47.5. The third-order valence-electron chi connectivity index (χ3n) is 15.0. The molecule has 1 aliphatic rings. The molecule has 0 aromatic rings. The van der Waals surface area contributed by atoms with Gasteiger partial charge in [-0.2, -0.15) is 0 Å². The summed E-state index contributed by atoms with van der Waals surface area (Å²) in [4.78, 5) is 26.6. The van der Waals surface area contributed by atoms with Crippen molar-refractivity contribution in [1.29, 1.82) is 0 Å². The topological polar surface area (TPSA) is 175 Å². The van der Waals surface area contributed by atoms with Crippen LogP contribution >= 0.6 is 0 Å². The number of allylic oxidation sites excluding steroid dienone is 21. The summed E-state index contributed by atoms with van der Waals surface area (Å²) in [5, 5.41) is 57.2. The monoisotopic (exact) mass is 1190 g/mol. The van der Waals surface area contributed by atoms with E-state index in [-0.39, 0.29) is 19.4 Å². The van der Waals surface area contributed by atoms with E-state index in [1.165, 1.54) is 77.0 Å². The molecule has 0 radical (unpaired) electrons. The lowest BCUT2D eigenvalue weighted by Gasteiger charge is -2.41. The molecule has 0 saturated carbocycles. The van der Waals surface area contributed by atoms with Gasteiger partial charge in [0.25, 0.3) is 0 Å². The molecule has 0 aromatic carbocycles. The van der Waals surface area contributed by atoms with E-state index in [1.807, 2.05) is 6.08 Å². The number of hydrogen-bond donors (Lipinski definition) is 6. The van der Waals surface area contributed by atoms with Gasteiger partial charge in [0.05, 0.1) is 25.4 Å². The van der Waals surface area contributed by atoms with Gasteiger partial charge < -0.3 is 45.1 Å². The van der Waals surface area contributed by atoms with Gasteiger partial charge in [-0.25, -0.2) is 0 Å². The molecule has 8 atom stereocenters. The molecule has 0 spiro atoms. The van der Waals surface area contributed by atoms with Crippen LogP contribution in [0.1, 0.15) is 258 Å². The van der Waals surface area contributed by atoms with Crippen molar-refractivity contribution < 1.29 is 49.3 Å². The molecular formula is C74H123NO10.